The second kappa shape index (κ2) is 9.14. The summed E-state index contributed by atoms with van der Waals surface area (Å²) in [6, 6.07) is 12.9. The van der Waals surface area contributed by atoms with Gasteiger partial charge in [0.2, 0.25) is 0 Å². The Labute approximate surface area is 171 Å². The maximum atomic E-state index is 12.2. The summed E-state index contributed by atoms with van der Waals surface area (Å²) in [6.45, 7) is 3.29. The molecule has 0 unspecified atom stereocenters. The summed E-state index contributed by atoms with van der Waals surface area (Å²) < 4.78 is 11.6. The molecule has 3 aromatic rings. The minimum atomic E-state index is -0.961. The molecule has 0 saturated heterocycles. The van der Waals surface area contributed by atoms with E-state index >= 15 is 0 Å². The first-order chi connectivity index (χ1) is 13.4. The molecule has 28 heavy (non-hydrogen) atoms. The molecule has 0 aliphatic heterocycles. The Morgan fingerprint density at radius 1 is 1.25 bits per heavy atom. The molecule has 0 aliphatic carbocycles. The molecular weight excluding hydrogens is 400 g/mol. The highest BCUT2D eigenvalue weighted by Gasteiger charge is 2.19. The van der Waals surface area contributed by atoms with Crippen molar-refractivity contribution in [1.29, 1.82) is 0 Å². The van der Waals surface area contributed by atoms with Crippen LogP contribution in [0, 0.1) is 6.92 Å². The van der Waals surface area contributed by atoms with E-state index in [1.807, 2.05) is 31.2 Å². The number of nitrogens with one attached hydrogen (secondary N) is 1. The van der Waals surface area contributed by atoms with Gasteiger partial charge in [0.1, 0.15) is 11.6 Å². The number of nitrogens with zero attached hydrogens (tertiary/aromatic N) is 1. The van der Waals surface area contributed by atoms with Crippen molar-refractivity contribution in [3.63, 3.8) is 0 Å². The van der Waals surface area contributed by atoms with Gasteiger partial charge >= 0.3 is 5.97 Å². The van der Waals surface area contributed by atoms with E-state index in [1.165, 1.54) is 18.3 Å². The summed E-state index contributed by atoms with van der Waals surface area (Å²) in [5, 5.41) is 3.99. The molecule has 0 bridgehead atoms. The summed E-state index contributed by atoms with van der Waals surface area (Å²) >= 11 is 7.45. The number of amides is 1. The van der Waals surface area contributed by atoms with Gasteiger partial charge in [-0.15, -0.1) is 11.3 Å². The number of carbonyl (C=O) groups excluding carboxylic acids is 2. The summed E-state index contributed by atoms with van der Waals surface area (Å²) in [7, 11) is 0. The van der Waals surface area contributed by atoms with Gasteiger partial charge in [0.25, 0.3) is 5.91 Å². The normalized spacial score (nSPS) is 12.0. The summed E-state index contributed by atoms with van der Waals surface area (Å²) in [5.74, 6) is -1.06. The van der Waals surface area contributed by atoms with Gasteiger partial charge in [0.05, 0.1) is 16.8 Å². The molecule has 3 rings (SSSR count). The van der Waals surface area contributed by atoms with E-state index < -0.39 is 18.0 Å². The van der Waals surface area contributed by atoms with E-state index in [9.17, 15) is 9.59 Å². The third-order valence-electron chi connectivity index (χ3n) is 3.92. The molecule has 1 aromatic heterocycles. The number of thiazole rings is 1. The van der Waals surface area contributed by atoms with Crippen molar-refractivity contribution in [3.05, 3.63) is 58.1 Å². The fraction of sp³-hybridized carbons (Fsp3) is 0.250. The van der Waals surface area contributed by atoms with Gasteiger partial charge in [-0.3, -0.25) is 4.79 Å². The van der Waals surface area contributed by atoms with Gasteiger partial charge < -0.3 is 14.8 Å². The Kier molecular flexibility index (Phi) is 6.61. The number of benzene rings is 2. The molecule has 1 atom stereocenters. The Bertz CT molecular complexity index is 972. The second-order valence-electron chi connectivity index (χ2n) is 6.15. The highest BCUT2D eigenvalue weighted by atomic mass is 35.5. The van der Waals surface area contributed by atoms with Crippen LogP contribution in [0.25, 0.3) is 10.2 Å². The Balaban J connectivity index is 1.45. The van der Waals surface area contributed by atoms with Gasteiger partial charge in [-0.05, 0) is 43.7 Å². The van der Waals surface area contributed by atoms with Crippen LogP contribution in [0.2, 0.25) is 5.02 Å². The Morgan fingerprint density at radius 3 is 2.82 bits per heavy atom. The maximum absolute atomic E-state index is 12.2. The minimum Gasteiger partial charge on any atom is -0.451 e. The predicted octanol–water partition coefficient (Wildman–Crippen LogP) is 4.35. The number of halogens is 1. The van der Waals surface area contributed by atoms with E-state index in [1.54, 1.807) is 18.2 Å². The molecule has 6 nitrogen and oxygen atoms in total. The number of aryl methyl sites for hydroxylation is 1. The summed E-state index contributed by atoms with van der Waals surface area (Å²) in [6.07, 6.45) is -0.961. The highest BCUT2D eigenvalue weighted by Crippen LogP contribution is 2.22. The third-order valence-corrected chi connectivity index (χ3v) is 5.16. The molecule has 1 N–H and O–H groups in total. The zero-order chi connectivity index (χ0) is 20.1. The fourth-order valence-corrected chi connectivity index (χ4v) is 3.53. The topological polar surface area (TPSA) is 77.5 Å². The molecule has 0 spiro atoms. The average molecular weight is 419 g/mol. The van der Waals surface area contributed by atoms with E-state index in [2.05, 4.69) is 10.3 Å². The number of rotatable bonds is 7. The van der Waals surface area contributed by atoms with Crippen molar-refractivity contribution < 1.29 is 19.1 Å². The Morgan fingerprint density at radius 2 is 2.04 bits per heavy atom. The number of hydrogen-bond acceptors (Lipinski definition) is 6. The van der Waals surface area contributed by atoms with Crippen molar-refractivity contribution in [1.82, 2.24) is 4.98 Å². The first-order valence-electron chi connectivity index (χ1n) is 8.61. The standard InChI is InChI=1S/C20H19ClN2O4S/c1-12-7-8-14(21)9-16(12)23-20(25)13(2)27-19(24)11-26-10-18-22-15-5-3-4-6-17(15)28-18/h3-9,13H,10-11H2,1-2H3,(H,23,25)/t13-/m0/s1. The van der Waals surface area contributed by atoms with E-state index in [4.69, 9.17) is 21.1 Å². The van der Waals surface area contributed by atoms with Crippen LogP contribution in [0.4, 0.5) is 5.69 Å². The zero-order valence-corrected chi connectivity index (χ0v) is 17.0. The number of ether oxygens (including phenoxy) is 2. The van der Waals surface area contributed by atoms with Crippen molar-refractivity contribution in [3.8, 4) is 0 Å². The van der Waals surface area contributed by atoms with Crippen LogP contribution in [0.5, 0.6) is 0 Å². The molecule has 2 aromatic carbocycles. The third kappa shape index (κ3) is 5.28. The van der Waals surface area contributed by atoms with Crippen molar-refractivity contribution in [2.75, 3.05) is 11.9 Å². The van der Waals surface area contributed by atoms with Crippen molar-refractivity contribution >= 4 is 50.7 Å². The van der Waals surface area contributed by atoms with Crippen molar-refractivity contribution in [2.24, 2.45) is 0 Å². The van der Waals surface area contributed by atoms with Gasteiger partial charge in [-0.25, -0.2) is 9.78 Å². The van der Waals surface area contributed by atoms with Crippen LogP contribution in [0.3, 0.4) is 0 Å². The SMILES string of the molecule is Cc1ccc(Cl)cc1NC(=O)[C@H](C)OC(=O)COCc1nc2ccccc2s1. The van der Waals surface area contributed by atoms with Gasteiger partial charge in [0, 0.05) is 10.7 Å². The van der Waals surface area contributed by atoms with Crippen LogP contribution < -0.4 is 5.32 Å². The number of carbonyl (C=O) groups is 2. The lowest BCUT2D eigenvalue weighted by atomic mass is 10.2. The molecule has 1 heterocycles. The minimum absolute atomic E-state index is 0.205. The van der Waals surface area contributed by atoms with Crippen LogP contribution in [-0.4, -0.2) is 29.6 Å². The quantitative estimate of drug-likeness (QED) is 0.577. The first kappa shape index (κ1) is 20.3. The molecule has 0 fully saturated rings. The molecular formula is C20H19ClN2O4S. The maximum Gasteiger partial charge on any atom is 0.332 e. The van der Waals surface area contributed by atoms with E-state index in [0.29, 0.717) is 10.7 Å². The monoisotopic (exact) mass is 418 g/mol. The van der Waals surface area contributed by atoms with Crippen molar-refractivity contribution in [2.45, 2.75) is 26.6 Å². The lowest BCUT2D eigenvalue weighted by Gasteiger charge is -2.15. The molecule has 8 heteroatoms. The fourth-order valence-electron chi connectivity index (χ4n) is 2.45. The first-order valence-corrected chi connectivity index (χ1v) is 9.80. The lowest BCUT2D eigenvalue weighted by molar-refractivity contribution is -0.157. The number of hydrogen-bond donors (Lipinski definition) is 1. The molecule has 0 radical (unpaired) electrons. The molecule has 0 saturated carbocycles. The summed E-state index contributed by atoms with van der Waals surface area (Å²) in [4.78, 5) is 28.6. The molecule has 1 amide bonds. The number of aromatic nitrogens is 1. The summed E-state index contributed by atoms with van der Waals surface area (Å²) in [5.41, 5.74) is 2.33. The zero-order valence-electron chi connectivity index (χ0n) is 15.4. The van der Waals surface area contributed by atoms with Crippen LogP contribution in [0.1, 0.15) is 17.5 Å². The number of anilines is 1. The number of fused-ring (bicyclic) bond motifs is 1. The smallest absolute Gasteiger partial charge is 0.332 e. The van der Waals surface area contributed by atoms with Gasteiger partial charge in [-0.2, -0.15) is 0 Å². The van der Waals surface area contributed by atoms with E-state index in [-0.39, 0.29) is 13.2 Å². The number of para-hydroxylation sites is 1. The van der Waals surface area contributed by atoms with Gasteiger partial charge in [0.15, 0.2) is 6.10 Å². The lowest BCUT2D eigenvalue weighted by Crippen LogP contribution is -2.31. The van der Waals surface area contributed by atoms with Crippen LogP contribution in [-0.2, 0) is 25.7 Å². The predicted molar refractivity (Wildman–Crippen MR) is 110 cm³/mol. The Hall–Kier alpha value is -2.48. The average Bonchev–Trinajstić information content (AvgIpc) is 3.07. The largest absolute Gasteiger partial charge is 0.451 e. The van der Waals surface area contributed by atoms with E-state index in [0.717, 1.165) is 20.8 Å². The van der Waals surface area contributed by atoms with Crippen LogP contribution >= 0.6 is 22.9 Å². The van der Waals surface area contributed by atoms with Crippen LogP contribution in [0.15, 0.2) is 42.5 Å². The molecule has 146 valence electrons. The second-order valence-corrected chi connectivity index (χ2v) is 7.70. The highest BCUT2D eigenvalue weighted by molar-refractivity contribution is 7.18. The van der Waals surface area contributed by atoms with Gasteiger partial charge in [-0.1, -0.05) is 29.8 Å². The molecule has 0 aliphatic rings. The number of esters is 1.